The summed E-state index contributed by atoms with van der Waals surface area (Å²) in [5.41, 5.74) is -2.22. The highest BCUT2D eigenvalue weighted by Gasteiger charge is 2.48. The molecule has 9 heteroatoms. The molecule has 0 bridgehead atoms. The number of rotatable bonds is 12. The third kappa shape index (κ3) is 12.5. The summed E-state index contributed by atoms with van der Waals surface area (Å²) in [5, 5.41) is 0. The highest BCUT2D eigenvalue weighted by molar-refractivity contribution is 7.87. The van der Waals surface area contributed by atoms with Crippen LogP contribution < -0.4 is 0 Å². The predicted molar refractivity (Wildman–Crippen MR) is 111 cm³/mol. The zero-order chi connectivity index (χ0) is 23.4. The fourth-order valence-corrected chi connectivity index (χ4v) is 2.74. The van der Waals surface area contributed by atoms with E-state index >= 15 is 0 Å². The number of ether oxygens (including phenoxy) is 1. The van der Waals surface area contributed by atoms with E-state index in [4.69, 9.17) is 0 Å². The molecule has 0 atom stereocenters. The van der Waals surface area contributed by atoms with Gasteiger partial charge in [-0.25, -0.2) is 4.79 Å². The van der Waals surface area contributed by atoms with Crippen LogP contribution in [0.2, 0.25) is 0 Å². The fourth-order valence-electron chi connectivity index (χ4n) is 2.23. The first kappa shape index (κ1) is 28.0. The normalized spacial score (nSPS) is 12.9. The number of carbonyl (C=O) groups excluding carboxylic acids is 1. The summed E-state index contributed by atoms with van der Waals surface area (Å²) < 4.78 is 69.3. The van der Waals surface area contributed by atoms with Gasteiger partial charge in [0.25, 0.3) is 0 Å². The molecule has 0 aromatic heterocycles. The van der Waals surface area contributed by atoms with E-state index in [1.807, 2.05) is 39.8 Å². The van der Waals surface area contributed by atoms with Crippen LogP contribution in [0.4, 0.5) is 13.2 Å². The van der Waals surface area contributed by atoms with Crippen molar-refractivity contribution in [3.05, 3.63) is 46.8 Å². The van der Waals surface area contributed by atoms with Crippen molar-refractivity contribution in [1.29, 1.82) is 0 Å². The molecule has 0 radical (unpaired) electrons. The van der Waals surface area contributed by atoms with E-state index in [-0.39, 0.29) is 19.4 Å². The van der Waals surface area contributed by atoms with Crippen molar-refractivity contribution in [2.24, 2.45) is 0 Å². The van der Waals surface area contributed by atoms with Crippen LogP contribution in [0, 0.1) is 0 Å². The Morgan fingerprint density at radius 1 is 0.933 bits per heavy atom. The van der Waals surface area contributed by atoms with Gasteiger partial charge in [-0.1, -0.05) is 34.9 Å². The molecular weight excluding hydrogens is 421 g/mol. The SMILES string of the molecule is CCOC(=O)/C=C(/CC/C=C(\CC=C(C)C)CCC=C(C)C)OS(=O)(=O)C(F)(F)F. The quantitative estimate of drug-likeness (QED) is 0.0892. The van der Waals surface area contributed by atoms with Crippen molar-refractivity contribution < 1.29 is 35.3 Å². The van der Waals surface area contributed by atoms with Crippen LogP contribution in [0.15, 0.2) is 46.8 Å². The van der Waals surface area contributed by atoms with Crippen molar-refractivity contribution in [2.75, 3.05) is 6.61 Å². The van der Waals surface area contributed by atoms with Crippen molar-refractivity contribution in [2.45, 2.75) is 72.2 Å². The zero-order valence-corrected chi connectivity index (χ0v) is 19.0. The molecule has 172 valence electrons. The number of hydrogen-bond donors (Lipinski definition) is 0. The van der Waals surface area contributed by atoms with Gasteiger partial charge in [-0.15, -0.1) is 0 Å². The molecule has 0 aliphatic heterocycles. The molecular formula is C21H31F3O5S. The maximum Gasteiger partial charge on any atom is 0.534 e. The minimum absolute atomic E-state index is 0.00818. The van der Waals surface area contributed by atoms with Crippen molar-refractivity contribution in [3.8, 4) is 0 Å². The average Bonchev–Trinajstić information content (AvgIpc) is 2.57. The summed E-state index contributed by atoms with van der Waals surface area (Å²) in [6.45, 7) is 9.41. The van der Waals surface area contributed by atoms with Gasteiger partial charge in [-0.2, -0.15) is 21.6 Å². The lowest BCUT2D eigenvalue weighted by molar-refractivity contribution is -0.137. The number of hydrogen-bond acceptors (Lipinski definition) is 5. The first-order valence-electron chi connectivity index (χ1n) is 9.61. The Labute approximate surface area is 177 Å². The van der Waals surface area contributed by atoms with Crippen LogP contribution in [0.1, 0.15) is 66.7 Å². The van der Waals surface area contributed by atoms with Crippen molar-refractivity contribution >= 4 is 16.1 Å². The third-order valence-corrected chi connectivity index (χ3v) is 4.68. The lowest BCUT2D eigenvalue weighted by atomic mass is 10.0. The number of allylic oxidation sites excluding steroid dienone is 7. The largest absolute Gasteiger partial charge is 0.534 e. The highest BCUT2D eigenvalue weighted by atomic mass is 32.2. The summed E-state index contributed by atoms with van der Waals surface area (Å²) in [6, 6.07) is 0. The van der Waals surface area contributed by atoms with Crippen LogP contribution >= 0.6 is 0 Å². The fraction of sp³-hybridized carbons (Fsp3) is 0.571. The minimum Gasteiger partial charge on any atom is -0.463 e. The molecule has 0 rings (SSSR count). The van der Waals surface area contributed by atoms with Gasteiger partial charge in [0.1, 0.15) is 5.76 Å². The Morgan fingerprint density at radius 2 is 1.50 bits per heavy atom. The first-order chi connectivity index (χ1) is 13.8. The standard InChI is InChI=1S/C21H31F3O5S/c1-6-28-20(25)15-19(29-30(26,27)21(22,23)24)12-8-11-18(14-13-17(4)5)10-7-9-16(2)3/h9,11,13,15H,6-8,10,12,14H2,1-5H3/b18-11-,19-15-. The Morgan fingerprint density at radius 3 is 2.00 bits per heavy atom. The van der Waals surface area contributed by atoms with Crippen molar-refractivity contribution in [1.82, 2.24) is 0 Å². The molecule has 30 heavy (non-hydrogen) atoms. The first-order valence-corrected chi connectivity index (χ1v) is 11.0. The van der Waals surface area contributed by atoms with E-state index in [0.717, 1.165) is 24.0 Å². The van der Waals surface area contributed by atoms with Crippen LogP contribution in [0.5, 0.6) is 0 Å². The molecule has 0 saturated carbocycles. The maximum atomic E-state index is 12.6. The number of alkyl halides is 3. The van der Waals surface area contributed by atoms with Crippen molar-refractivity contribution in [3.63, 3.8) is 0 Å². The van der Waals surface area contributed by atoms with Crippen LogP contribution in [0.3, 0.4) is 0 Å². The highest BCUT2D eigenvalue weighted by Crippen LogP contribution is 2.28. The second-order valence-electron chi connectivity index (χ2n) is 7.05. The van der Waals surface area contributed by atoms with E-state index in [1.54, 1.807) is 0 Å². The molecule has 5 nitrogen and oxygen atoms in total. The van der Waals surface area contributed by atoms with Gasteiger partial charge in [-0.3, -0.25) is 0 Å². The molecule has 0 aliphatic carbocycles. The zero-order valence-electron chi connectivity index (χ0n) is 18.1. The van der Waals surface area contributed by atoms with Gasteiger partial charge in [0.05, 0.1) is 12.7 Å². The van der Waals surface area contributed by atoms with Gasteiger partial charge < -0.3 is 8.92 Å². The third-order valence-electron chi connectivity index (χ3n) is 3.68. The molecule has 0 aromatic rings. The molecule has 0 aromatic carbocycles. The lowest BCUT2D eigenvalue weighted by Gasteiger charge is -2.12. The molecule has 0 aliphatic rings. The number of esters is 1. The summed E-state index contributed by atoms with van der Waals surface area (Å²) in [4.78, 5) is 11.6. The lowest BCUT2D eigenvalue weighted by Crippen LogP contribution is -2.25. The summed E-state index contributed by atoms with van der Waals surface area (Å²) in [6.07, 6.45) is 8.85. The second-order valence-corrected chi connectivity index (χ2v) is 8.59. The van der Waals surface area contributed by atoms with Gasteiger partial charge in [0, 0.05) is 6.42 Å². The molecule has 0 fully saturated rings. The van der Waals surface area contributed by atoms with Gasteiger partial charge in [0.2, 0.25) is 0 Å². The van der Waals surface area contributed by atoms with Gasteiger partial charge in [0.15, 0.2) is 0 Å². The molecule has 0 saturated heterocycles. The molecule has 0 spiro atoms. The Hall–Kier alpha value is -2.03. The van der Waals surface area contributed by atoms with Crippen LogP contribution in [0.25, 0.3) is 0 Å². The number of carbonyl (C=O) groups is 1. The van der Waals surface area contributed by atoms with Crippen LogP contribution in [-0.4, -0.2) is 26.5 Å². The summed E-state index contributed by atoms with van der Waals surface area (Å²) in [5.74, 6) is -1.59. The second kappa shape index (κ2) is 13.3. The van der Waals surface area contributed by atoms with E-state index in [9.17, 15) is 26.4 Å². The monoisotopic (exact) mass is 452 g/mol. The molecule has 0 amide bonds. The van der Waals surface area contributed by atoms with Gasteiger partial charge in [-0.05, 0) is 60.3 Å². The average molecular weight is 453 g/mol. The molecule has 0 N–H and O–H groups in total. The number of halogens is 3. The Kier molecular flexibility index (Phi) is 12.4. The van der Waals surface area contributed by atoms with E-state index in [1.165, 1.54) is 12.5 Å². The summed E-state index contributed by atoms with van der Waals surface area (Å²) in [7, 11) is -5.87. The van der Waals surface area contributed by atoms with Crippen LogP contribution in [-0.2, 0) is 23.8 Å². The molecule has 0 unspecified atom stereocenters. The topological polar surface area (TPSA) is 69.7 Å². The predicted octanol–water partition coefficient (Wildman–Crippen LogP) is 6.11. The summed E-state index contributed by atoms with van der Waals surface area (Å²) >= 11 is 0. The van der Waals surface area contributed by atoms with Gasteiger partial charge >= 0.3 is 21.6 Å². The minimum atomic E-state index is -5.87. The Balaban J connectivity index is 5.45. The van der Waals surface area contributed by atoms with E-state index in [2.05, 4.69) is 15.0 Å². The Bertz CT molecular complexity index is 780. The smallest absolute Gasteiger partial charge is 0.463 e. The van der Waals surface area contributed by atoms with E-state index in [0.29, 0.717) is 12.5 Å². The maximum absolute atomic E-state index is 12.6. The van der Waals surface area contributed by atoms with E-state index < -0.39 is 27.4 Å². The molecule has 0 heterocycles.